The Morgan fingerprint density at radius 2 is 1.75 bits per heavy atom. The van der Waals surface area contributed by atoms with Gasteiger partial charge < -0.3 is 4.90 Å². The Kier molecular flexibility index (Phi) is 4.86. The summed E-state index contributed by atoms with van der Waals surface area (Å²) >= 11 is 0. The van der Waals surface area contributed by atoms with E-state index in [2.05, 4.69) is 47.4 Å². The van der Waals surface area contributed by atoms with Crippen molar-refractivity contribution in [3.8, 4) is 0 Å². The van der Waals surface area contributed by atoms with Crippen molar-refractivity contribution < 1.29 is 0 Å². The summed E-state index contributed by atoms with van der Waals surface area (Å²) in [6, 6.07) is 0.581. The number of rotatable bonds is 1. The monoisotopic (exact) mass is 276 g/mol. The lowest BCUT2D eigenvalue weighted by molar-refractivity contribution is 0.214. The molecule has 1 aliphatic heterocycles. The van der Waals surface area contributed by atoms with E-state index in [-0.39, 0.29) is 5.54 Å². The molecule has 114 valence electrons. The van der Waals surface area contributed by atoms with Crippen LogP contribution in [-0.2, 0) is 0 Å². The summed E-state index contributed by atoms with van der Waals surface area (Å²) in [6.45, 7) is 12.6. The lowest BCUT2D eigenvalue weighted by Crippen LogP contribution is -2.49. The molecule has 0 radical (unpaired) electrons. The standard InChI is InChI=1S/C17H33BN2/c1-12(2)20-11-10-13-6-7-14(18)8-9-15(13)16(20)19-17(3,4)5/h12-15H,6-11,18H2,1-5H3/b19-16-. The smallest absolute Gasteiger partial charge is 0.105 e. The van der Waals surface area contributed by atoms with Crippen molar-refractivity contribution >= 4 is 13.7 Å². The SMILES string of the molecule is BC1CCC2CCN(C(C)C)/C(=N\C(C)(C)C)C2CC1. The Hall–Kier alpha value is -0.465. The Bertz CT molecular complexity index is 356. The summed E-state index contributed by atoms with van der Waals surface area (Å²) in [5, 5.41) is 0. The van der Waals surface area contributed by atoms with Crippen LogP contribution in [0.3, 0.4) is 0 Å². The molecule has 0 aromatic heterocycles. The molecular weight excluding hydrogens is 243 g/mol. The van der Waals surface area contributed by atoms with Crippen molar-refractivity contribution in [1.29, 1.82) is 0 Å². The van der Waals surface area contributed by atoms with Gasteiger partial charge in [0.05, 0.1) is 5.54 Å². The number of fused-ring (bicyclic) bond motifs is 1. The molecule has 1 saturated heterocycles. The number of nitrogens with zero attached hydrogens (tertiary/aromatic N) is 2. The first kappa shape index (κ1) is 15.9. The van der Waals surface area contributed by atoms with Gasteiger partial charge in [0.15, 0.2) is 0 Å². The van der Waals surface area contributed by atoms with Gasteiger partial charge in [-0.1, -0.05) is 25.1 Å². The zero-order chi connectivity index (χ0) is 14.9. The maximum atomic E-state index is 5.16. The fourth-order valence-corrected chi connectivity index (χ4v) is 3.88. The summed E-state index contributed by atoms with van der Waals surface area (Å²) in [5.41, 5.74) is 0.0439. The van der Waals surface area contributed by atoms with Gasteiger partial charge in [-0.05, 0) is 53.4 Å². The summed E-state index contributed by atoms with van der Waals surface area (Å²) in [6.07, 6.45) is 6.95. The highest BCUT2D eigenvalue weighted by atomic mass is 15.2. The molecule has 2 aliphatic rings. The normalized spacial score (nSPS) is 34.2. The Balaban J connectivity index is 2.29. The molecular formula is C17H33BN2. The molecule has 0 aromatic rings. The minimum absolute atomic E-state index is 0.0439. The summed E-state index contributed by atoms with van der Waals surface area (Å²) in [7, 11) is 2.43. The molecule has 2 fully saturated rings. The van der Waals surface area contributed by atoms with Crippen LogP contribution in [0, 0.1) is 11.8 Å². The lowest BCUT2D eigenvalue weighted by atomic mass is 9.80. The van der Waals surface area contributed by atoms with Crippen molar-refractivity contribution in [2.75, 3.05) is 6.54 Å². The molecule has 1 saturated carbocycles. The molecule has 3 unspecified atom stereocenters. The fraction of sp³-hybridized carbons (Fsp3) is 0.941. The van der Waals surface area contributed by atoms with Gasteiger partial charge in [0.2, 0.25) is 0 Å². The number of aliphatic imine (C=N–C) groups is 1. The maximum Gasteiger partial charge on any atom is 0.105 e. The van der Waals surface area contributed by atoms with Crippen LogP contribution in [0.1, 0.15) is 66.7 Å². The third-order valence-electron chi connectivity index (χ3n) is 5.01. The second kappa shape index (κ2) is 6.11. The zero-order valence-electron chi connectivity index (χ0n) is 14.4. The minimum atomic E-state index is 0.0439. The minimum Gasteiger partial charge on any atom is -0.358 e. The molecule has 0 bridgehead atoms. The summed E-state index contributed by atoms with van der Waals surface area (Å²) in [5.74, 6) is 3.94. The predicted octanol–water partition coefficient (Wildman–Crippen LogP) is 3.53. The van der Waals surface area contributed by atoms with E-state index >= 15 is 0 Å². The van der Waals surface area contributed by atoms with Gasteiger partial charge >= 0.3 is 0 Å². The molecule has 2 nitrogen and oxygen atoms in total. The van der Waals surface area contributed by atoms with E-state index in [0.717, 1.165) is 17.7 Å². The van der Waals surface area contributed by atoms with Crippen molar-refractivity contribution in [3.63, 3.8) is 0 Å². The van der Waals surface area contributed by atoms with E-state index in [9.17, 15) is 0 Å². The van der Waals surface area contributed by atoms with Crippen LogP contribution in [0.5, 0.6) is 0 Å². The highest BCUT2D eigenvalue weighted by Crippen LogP contribution is 2.40. The van der Waals surface area contributed by atoms with Gasteiger partial charge in [-0.15, -0.1) is 0 Å². The van der Waals surface area contributed by atoms with Crippen LogP contribution in [0.2, 0.25) is 5.82 Å². The van der Waals surface area contributed by atoms with E-state index in [4.69, 9.17) is 4.99 Å². The van der Waals surface area contributed by atoms with E-state index in [1.807, 2.05) is 0 Å². The molecule has 1 heterocycles. The van der Waals surface area contributed by atoms with Gasteiger partial charge in [-0.3, -0.25) is 4.99 Å². The van der Waals surface area contributed by atoms with Crippen molar-refractivity contribution in [2.45, 2.75) is 84.1 Å². The molecule has 1 aliphatic carbocycles. The highest BCUT2D eigenvalue weighted by Gasteiger charge is 2.37. The number of piperidine rings is 1. The fourth-order valence-electron chi connectivity index (χ4n) is 3.88. The Morgan fingerprint density at radius 3 is 2.35 bits per heavy atom. The first-order chi connectivity index (χ1) is 9.28. The van der Waals surface area contributed by atoms with E-state index < -0.39 is 0 Å². The third kappa shape index (κ3) is 3.80. The topological polar surface area (TPSA) is 15.6 Å². The first-order valence-corrected chi connectivity index (χ1v) is 8.64. The van der Waals surface area contributed by atoms with Crippen molar-refractivity contribution in [2.24, 2.45) is 16.8 Å². The molecule has 3 atom stereocenters. The second-order valence-electron chi connectivity index (χ2n) is 8.34. The maximum absolute atomic E-state index is 5.16. The van der Waals surface area contributed by atoms with Crippen LogP contribution < -0.4 is 0 Å². The van der Waals surface area contributed by atoms with Gasteiger partial charge in [0.25, 0.3) is 0 Å². The van der Waals surface area contributed by atoms with Gasteiger partial charge in [0, 0.05) is 18.5 Å². The molecule has 0 N–H and O–H groups in total. The zero-order valence-corrected chi connectivity index (χ0v) is 14.4. The summed E-state index contributed by atoms with van der Waals surface area (Å²) < 4.78 is 0. The second-order valence-corrected chi connectivity index (χ2v) is 8.34. The van der Waals surface area contributed by atoms with Crippen LogP contribution in [0.15, 0.2) is 4.99 Å². The van der Waals surface area contributed by atoms with Gasteiger partial charge in [-0.25, -0.2) is 0 Å². The van der Waals surface area contributed by atoms with Gasteiger partial charge in [0.1, 0.15) is 13.7 Å². The van der Waals surface area contributed by atoms with Crippen LogP contribution in [-0.4, -0.2) is 36.7 Å². The van der Waals surface area contributed by atoms with E-state index in [1.165, 1.54) is 44.5 Å². The molecule has 20 heavy (non-hydrogen) atoms. The highest BCUT2D eigenvalue weighted by molar-refractivity contribution is 6.11. The predicted molar refractivity (Wildman–Crippen MR) is 91.4 cm³/mol. The van der Waals surface area contributed by atoms with Crippen molar-refractivity contribution in [3.05, 3.63) is 0 Å². The largest absolute Gasteiger partial charge is 0.358 e. The number of hydrogen-bond acceptors (Lipinski definition) is 1. The quantitative estimate of drug-likeness (QED) is 0.669. The van der Waals surface area contributed by atoms with Gasteiger partial charge in [-0.2, -0.15) is 0 Å². The molecule has 0 aromatic carbocycles. The van der Waals surface area contributed by atoms with E-state index in [1.54, 1.807) is 0 Å². The average Bonchev–Trinajstić information content (AvgIpc) is 2.50. The summed E-state index contributed by atoms with van der Waals surface area (Å²) in [4.78, 5) is 7.75. The number of hydrogen-bond donors (Lipinski definition) is 0. The van der Waals surface area contributed by atoms with Crippen LogP contribution in [0.25, 0.3) is 0 Å². The molecule has 3 heteroatoms. The average molecular weight is 276 g/mol. The number of likely N-dealkylation sites (tertiary alicyclic amines) is 1. The lowest BCUT2D eigenvalue weighted by Gasteiger charge is -2.43. The molecule has 2 rings (SSSR count). The van der Waals surface area contributed by atoms with Crippen molar-refractivity contribution in [1.82, 2.24) is 4.90 Å². The van der Waals surface area contributed by atoms with E-state index in [0.29, 0.717) is 6.04 Å². The van der Waals surface area contributed by atoms with Crippen LogP contribution in [0.4, 0.5) is 0 Å². The number of amidine groups is 1. The molecule has 0 amide bonds. The first-order valence-electron chi connectivity index (χ1n) is 8.64. The Labute approximate surface area is 126 Å². The van der Waals surface area contributed by atoms with Crippen LogP contribution >= 0.6 is 0 Å². The molecule has 0 spiro atoms. The Morgan fingerprint density at radius 1 is 1.10 bits per heavy atom. The third-order valence-corrected chi connectivity index (χ3v) is 5.01.